The number of fused-ring (bicyclic) bond motifs is 2. The van der Waals surface area contributed by atoms with E-state index in [0.29, 0.717) is 12.1 Å². The summed E-state index contributed by atoms with van der Waals surface area (Å²) in [7, 11) is 0. The lowest BCUT2D eigenvalue weighted by Crippen LogP contribution is -2.60. The maximum Gasteiger partial charge on any atom is 0.318 e. The van der Waals surface area contributed by atoms with Gasteiger partial charge in [-0.3, -0.25) is 4.79 Å². The van der Waals surface area contributed by atoms with Crippen LogP contribution in [0.2, 0.25) is 0 Å². The molecule has 2 aliphatic heterocycles. The summed E-state index contributed by atoms with van der Waals surface area (Å²) in [5.41, 5.74) is 1.53. The molecule has 0 radical (unpaired) electrons. The molecule has 0 aliphatic carbocycles. The van der Waals surface area contributed by atoms with Crippen LogP contribution in [0.3, 0.4) is 0 Å². The van der Waals surface area contributed by atoms with Gasteiger partial charge in [-0.15, -0.1) is 0 Å². The number of rotatable bonds is 4. The van der Waals surface area contributed by atoms with Crippen LogP contribution in [-0.2, 0) is 6.54 Å². The third-order valence-electron chi connectivity index (χ3n) is 5.94. The summed E-state index contributed by atoms with van der Waals surface area (Å²) in [6, 6.07) is 15.7. The summed E-state index contributed by atoms with van der Waals surface area (Å²) in [4.78, 5) is 27.3. The zero-order valence-corrected chi connectivity index (χ0v) is 16.3. The normalized spacial score (nSPS) is 23.3. The van der Waals surface area contributed by atoms with Crippen molar-refractivity contribution < 1.29 is 14.0 Å². The fourth-order valence-electron chi connectivity index (χ4n) is 4.57. The molecule has 3 atom stereocenters. The minimum absolute atomic E-state index is 0.0214. The Labute approximate surface area is 170 Å². The standard InChI is InChI=1S/C23H26FN3O2/c24-18-11-9-17(10-12-18)22(28)26-19-13-20-7-4-8-21(14-19)27(20)23(29)25-15-16-5-2-1-3-6-16/h1-3,5-6,9-12,19-21H,4,7-8,13-15H2,(H,25,29)(H,26,28)/t19?,20-,21+. The van der Waals surface area contributed by atoms with Crippen molar-refractivity contribution >= 4 is 11.9 Å². The molecule has 2 bridgehead atoms. The number of nitrogens with one attached hydrogen (secondary N) is 2. The first-order chi connectivity index (χ1) is 14.1. The second-order valence-corrected chi connectivity index (χ2v) is 7.94. The maximum atomic E-state index is 13.1. The van der Waals surface area contributed by atoms with Crippen molar-refractivity contribution in [1.29, 1.82) is 0 Å². The van der Waals surface area contributed by atoms with Crippen molar-refractivity contribution in [2.45, 2.75) is 56.8 Å². The van der Waals surface area contributed by atoms with Gasteiger partial charge in [-0.25, -0.2) is 9.18 Å². The summed E-state index contributed by atoms with van der Waals surface area (Å²) in [5, 5.41) is 6.13. The lowest BCUT2D eigenvalue weighted by atomic mass is 9.82. The summed E-state index contributed by atoms with van der Waals surface area (Å²) in [5.74, 6) is -0.541. The van der Waals surface area contributed by atoms with E-state index in [4.69, 9.17) is 0 Å². The van der Waals surface area contributed by atoms with Gasteiger partial charge >= 0.3 is 6.03 Å². The van der Waals surface area contributed by atoms with Crippen LogP contribution in [0.25, 0.3) is 0 Å². The molecule has 152 valence electrons. The molecule has 5 nitrogen and oxygen atoms in total. The SMILES string of the molecule is O=C(NC1C[C@H]2CCC[C@@H](C1)N2C(=O)NCc1ccccc1)c1ccc(F)cc1. The first kappa shape index (κ1) is 19.4. The number of carbonyl (C=O) groups excluding carboxylic acids is 2. The van der Waals surface area contributed by atoms with Crippen molar-refractivity contribution in [3.05, 3.63) is 71.5 Å². The molecule has 2 N–H and O–H groups in total. The Balaban J connectivity index is 1.36. The minimum atomic E-state index is -0.356. The molecule has 0 spiro atoms. The Morgan fingerprint density at radius 3 is 2.28 bits per heavy atom. The quantitative estimate of drug-likeness (QED) is 0.826. The first-order valence-corrected chi connectivity index (χ1v) is 10.3. The highest BCUT2D eigenvalue weighted by Crippen LogP contribution is 2.34. The number of nitrogens with zero attached hydrogens (tertiary/aromatic N) is 1. The van der Waals surface area contributed by atoms with Crippen LogP contribution in [0.15, 0.2) is 54.6 Å². The number of urea groups is 1. The molecule has 2 heterocycles. The number of amides is 3. The fraction of sp³-hybridized carbons (Fsp3) is 0.391. The van der Waals surface area contributed by atoms with Gasteiger partial charge in [0.05, 0.1) is 0 Å². The number of piperidine rings is 2. The van der Waals surface area contributed by atoms with E-state index < -0.39 is 0 Å². The zero-order chi connectivity index (χ0) is 20.2. The number of hydrogen-bond acceptors (Lipinski definition) is 2. The van der Waals surface area contributed by atoms with Crippen molar-refractivity contribution in [3.8, 4) is 0 Å². The topological polar surface area (TPSA) is 61.4 Å². The van der Waals surface area contributed by atoms with Crippen LogP contribution in [-0.4, -0.2) is 35.0 Å². The Bertz CT molecular complexity index is 842. The van der Waals surface area contributed by atoms with Crippen LogP contribution < -0.4 is 10.6 Å². The summed E-state index contributed by atoms with van der Waals surface area (Å²) in [6.07, 6.45) is 4.52. The van der Waals surface area contributed by atoms with E-state index in [-0.39, 0.29) is 35.9 Å². The summed E-state index contributed by atoms with van der Waals surface area (Å²) >= 11 is 0. The molecule has 2 aromatic rings. The third kappa shape index (κ3) is 4.58. The molecule has 6 heteroatoms. The average molecular weight is 395 g/mol. The highest BCUT2D eigenvalue weighted by molar-refractivity contribution is 5.94. The molecule has 2 saturated heterocycles. The first-order valence-electron chi connectivity index (χ1n) is 10.3. The van der Waals surface area contributed by atoms with E-state index in [1.165, 1.54) is 24.3 Å². The molecule has 2 aliphatic rings. The highest BCUT2D eigenvalue weighted by atomic mass is 19.1. The minimum Gasteiger partial charge on any atom is -0.349 e. The molecular weight excluding hydrogens is 369 g/mol. The van der Waals surface area contributed by atoms with Gasteiger partial charge in [-0.2, -0.15) is 0 Å². The van der Waals surface area contributed by atoms with Crippen molar-refractivity contribution in [2.24, 2.45) is 0 Å². The Morgan fingerprint density at radius 2 is 1.62 bits per heavy atom. The predicted octanol–water partition coefficient (Wildman–Crippen LogP) is 3.85. The summed E-state index contributed by atoms with van der Waals surface area (Å²) < 4.78 is 13.1. The highest BCUT2D eigenvalue weighted by Gasteiger charge is 2.41. The lowest BCUT2D eigenvalue weighted by Gasteiger charge is -2.48. The van der Waals surface area contributed by atoms with Gasteiger partial charge in [0.15, 0.2) is 0 Å². The Kier molecular flexibility index (Phi) is 5.79. The van der Waals surface area contributed by atoms with Crippen LogP contribution in [0.1, 0.15) is 48.0 Å². The maximum absolute atomic E-state index is 13.1. The number of benzene rings is 2. The molecule has 0 saturated carbocycles. The molecular formula is C23H26FN3O2. The van der Waals surface area contributed by atoms with Gasteiger partial charge in [-0.1, -0.05) is 30.3 Å². The molecule has 2 fully saturated rings. The van der Waals surface area contributed by atoms with E-state index >= 15 is 0 Å². The van der Waals surface area contributed by atoms with E-state index in [1.807, 2.05) is 35.2 Å². The Morgan fingerprint density at radius 1 is 0.966 bits per heavy atom. The van der Waals surface area contributed by atoms with Gasteiger partial charge in [0.25, 0.3) is 5.91 Å². The van der Waals surface area contributed by atoms with Crippen molar-refractivity contribution in [1.82, 2.24) is 15.5 Å². The molecule has 29 heavy (non-hydrogen) atoms. The molecule has 4 rings (SSSR count). The van der Waals surface area contributed by atoms with Gasteiger partial charge < -0.3 is 15.5 Å². The number of carbonyl (C=O) groups is 2. The molecule has 3 amide bonds. The number of halogens is 1. The van der Waals surface area contributed by atoms with Gasteiger partial charge in [0.2, 0.25) is 0 Å². The van der Waals surface area contributed by atoms with Gasteiger partial charge in [0.1, 0.15) is 5.82 Å². The zero-order valence-electron chi connectivity index (χ0n) is 16.3. The second kappa shape index (κ2) is 8.64. The largest absolute Gasteiger partial charge is 0.349 e. The molecule has 1 unspecified atom stereocenters. The van der Waals surface area contributed by atoms with E-state index in [9.17, 15) is 14.0 Å². The van der Waals surface area contributed by atoms with Crippen LogP contribution in [0.5, 0.6) is 0 Å². The monoisotopic (exact) mass is 395 g/mol. The molecule has 2 aromatic carbocycles. The Hall–Kier alpha value is -2.89. The van der Waals surface area contributed by atoms with E-state index in [1.54, 1.807) is 0 Å². The van der Waals surface area contributed by atoms with Crippen LogP contribution >= 0.6 is 0 Å². The van der Waals surface area contributed by atoms with Crippen LogP contribution in [0.4, 0.5) is 9.18 Å². The van der Waals surface area contributed by atoms with Gasteiger partial charge in [-0.05, 0) is 61.9 Å². The summed E-state index contributed by atoms with van der Waals surface area (Å²) in [6.45, 7) is 0.514. The average Bonchev–Trinajstić information content (AvgIpc) is 2.72. The predicted molar refractivity (Wildman–Crippen MR) is 109 cm³/mol. The lowest BCUT2D eigenvalue weighted by molar-refractivity contribution is 0.0522. The molecule has 0 aromatic heterocycles. The van der Waals surface area contributed by atoms with Crippen molar-refractivity contribution in [2.75, 3.05) is 0 Å². The fourth-order valence-corrected chi connectivity index (χ4v) is 4.57. The van der Waals surface area contributed by atoms with Crippen molar-refractivity contribution in [3.63, 3.8) is 0 Å². The number of hydrogen-bond donors (Lipinski definition) is 2. The van der Waals surface area contributed by atoms with E-state index in [2.05, 4.69) is 10.6 Å². The van der Waals surface area contributed by atoms with E-state index in [0.717, 1.165) is 37.7 Å². The second-order valence-electron chi connectivity index (χ2n) is 7.94. The smallest absolute Gasteiger partial charge is 0.318 e. The van der Waals surface area contributed by atoms with Crippen LogP contribution in [0, 0.1) is 5.82 Å². The van der Waals surface area contributed by atoms with Gasteiger partial charge in [0, 0.05) is 30.2 Å². The third-order valence-corrected chi connectivity index (χ3v) is 5.94.